The first-order valence-corrected chi connectivity index (χ1v) is 5.52. The number of nitrogen functional groups attached to an aromatic ring is 1. The molecule has 0 aliphatic rings. The minimum absolute atomic E-state index is 0.489. The third-order valence-corrected chi connectivity index (χ3v) is 2.34. The Balaban J connectivity index is 2.33. The maximum atomic E-state index is 5.69. The fourth-order valence-corrected chi connectivity index (χ4v) is 1.62. The van der Waals surface area contributed by atoms with Gasteiger partial charge in [-0.3, -0.25) is 0 Å². The number of aromatic nitrogens is 2. The number of nitrogens with two attached hydrogens (primary N) is 1. The highest BCUT2D eigenvalue weighted by molar-refractivity contribution is 5.52. The van der Waals surface area contributed by atoms with Gasteiger partial charge >= 0.3 is 0 Å². The molecule has 94 valence electrons. The topological polar surface area (TPSA) is 70.3 Å². The predicted octanol–water partition coefficient (Wildman–Crippen LogP) is 2.48. The summed E-state index contributed by atoms with van der Waals surface area (Å²) in [6.45, 7) is 3.71. The van der Waals surface area contributed by atoms with E-state index in [-0.39, 0.29) is 0 Å². The van der Waals surface area contributed by atoms with Gasteiger partial charge in [0.25, 0.3) is 0 Å². The van der Waals surface area contributed by atoms with Crippen molar-refractivity contribution in [2.24, 2.45) is 0 Å². The lowest BCUT2D eigenvalue weighted by molar-refractivity contribution is 0.373. The second-order valence-electron chi connectivity index (χ2n) is 3.91. The van der Waals surface area contributed by atoms with Crippen molar-refractivity contribution in [2.75, 3.05) is 12.8 Å². The summed E-state index contributed by atoms with van der Waals surface area (Å²) >= 11 is 0. The van der Waals surface area contributed by atoms with Crippen LogP contribution in [0.25, 0.3) is 0 Å². The van der Waals surface area contributed by atoms with Crippen LogP contribution in [-0.2, 0) is 0 Å². The van der Waals surface area contributed by atoms with E-state index in [0.29, 0.717) is 28.9 Å². The monoisotopic (exact) mass is 245 g/mol. The molecule has 1 aromatic carbocycles. The molecule has 0 spiro atoms. The van der Waals surface area contributed by atoms with Gasteiger partial charge in [0.1, 0.15) is 5.82 Å². The van der Waals surface area contributed by atoms with E-state index in [9.17, 15) is 0 Å². The number of benzene rings is 1. The number of rotatable bonds is 3. The predicted molar refractivity (Wildman–Crippen MR) is 69.0 cm³/mol. The average molecular weight is 245 g/mol. The number of hydrogen-bond donors (Lipinski definition) is 1. The Morgan fingerprint density at radius 3 is 2.50 bits per heavy atom. The highest BCUT2D eigenvalue weighted by Gasteiger charge is 2.08. The van der Waals surface area contributed by atoms with Gasteiger partial charge in [-0.15, -0.1) is 0 Å². The first-order valence-electron chi connectivity index (χ1n) is 5.52. The van der Waals surface area contributed by atoms with Crippen LogP contribution < -0.4 is 15.2 Å². The Morgan fingerprint density at radius 2 is 1.83 bits per heavy atom. The molecule has 0 unspecified atom stereocenters. The van der Waals surface area contributed by atoms with Crippen LogP contribution >= 0.6 is 0 Å². The number of hydrogen-bond acceptors (Lipinski definition) is 5. The normalized spacial score (nSPS) is 10.2. The fraction of sp³-hybridized carbons (Fsp3) is 0.231. The minimum atomic E-state index is 0.489. The van der Waals surface area contributed by atoms with Gasteiger partial charge in [0.15, 0.2) is 11.5 Å². The van der Waals surface area contributed by atoms with Gasteiger partial charge in [0, 0.05) is 23.5 Å². The summed E-state index contributed by atoms with van der Waals surface area (Å²) in [5.74, 6) is 2.30. The second-order valence-corrected chi connectivity index (χ2v) is 3.91. The number of anilines is 1. The van der Waals surface area contributed by atoms with Crippen LogP contribution in [-0.4, -0.2) is 17.1 Å². The molecule has 18 heavy (non-hydrogen) atoms. The first kappa shape index (κ1) is 12.2. The summed E-state index contributed by atoms with van der Waals surface area (Å²) in [5.41, 5.74) is 7.16. The summed E-state index contributed by atoms with van der Waals surface area (Å²) in [7, 11) is 1.57. The molecule has 0 bridgehead atoms. The molecule has 0 aliphatic heterocycles. The highest BCUT2D eigenvalue weighted by atomic mass is 16.5. The van der Waals surface area contributed by atoms with Gasteiger partial charge in [0.05, 0.1) is 7.11 Å². The fourth-order valence-electron chi connectivity index (χ4n) is 1.62. The summed E-state index contributed by atoms with van der Waals surface area (Å²) in [6.07, 6.45) is 0. The Bertz CT molecular complexity index is 550. The number of nitrogens with zero attached hydrogens (tertiary/aromatic N) is 2. The second kappa shape index (κ2) is 4.91. The number of aryl methyl sites for hydroxylation is 2. The Kier molecular flexibility index (Phi) is 3.32. The van der Waals surface area contributed by atoms with Crippen molar-refractivity contribution >= 4 is 5.69 Å². The zero-order valence-corrected chi connectivity index (χ0v) is 10.6. The highest BCUT2D eigenvalue weighted by Crippen LogP contribution is 2.32. The lowest BCUT2D eigenvalue weighted by Crippen LogP contribution is -1.97. The Morgan fingerprint density at radius 1 is 1.06 bits per heavy atom. The molecule has 0 saturated carbocycles. The van der Waals surface area contributed by atoms with E-state index < -0.39 is 0 Å². The molecule has 2 aromatic rings. The molecule has 2 rings (SSSR count). The largest absolute Gasteiger partial charge is 0.493 e. The Labute approximate surface area is 106 Å². The smallest absolute Gasteiger partial charge is 0.222 e. The van der Waals surface area contributed by atoms with E-state index in [1.54, 1.807) is 31.4 Å². The zero-order valence-electron chi connectivity index (χ0n) is 10.6. The molecule has 0 radical (unpaired) electrons. The standard InChI is InChI=1S/C13H15N3O2/c1-8-6-13(16-9(2)15-8)18-11-5-4-10(14)7-12(11)17-3/h4-7H,14H2,1-3H3. The van der Waals surface area contributed by atoms with Crippen LogP contribution in [0.1, 0.15) is 11.5 Å². The van der Waals surface area contributed by atoms with Crippen LogP contribution in [0, 0.1) is 13.8 Å². The van der Waals surface area contributed by atoms with Gasteiger partial charge in [-0.1, -0.05) is 0 Å². The Hall–Kier alpha value is -2.30. The summed E-state index contributed by atoms with van der Waals surface area (Å²) in [6, 6.07) is 6.97. The van der Waals surface area contributed by atoms with Crippen molar-refractivity contribution in [2.45, 2.75) is 13.8 Å². The molecule has 0 aliphatic carbocycles. The molecule has 5 heteroatoms. The summed E-state index contributed by atoms with van der Waals surface area (Å²) in [5, 5.41) is 0. The van der Waals surface area contributed by atoms with Crippen LogP contribution in [0.4, 0.5) is 5.69 Å². The van der Waals surface area contributed by atoms with Crippen molar-refractivity contribution in [1.29, 1.82) is 0 Å². The molecule has 2 N–H and O–H groups in total. The van der Waals surface area contributed by atoms with Crippen LogP contribution in [0.15, 0.2) is 24.3 Å². The van der Waals surface area contributed by atoms with E-state index in [0.717, 1.165) is 5.69 Å². The third-order valence-electron chi connectivity index (χ3n) is 2.34. The van der Waals surface area contributed by atoms with Crippen molar-refractivity contribution in [3.05, 3.63) is 35.8 Å². The molecule has 0 saturated heterocycles. The van der Waals surface area contributed by atoms with Gasteiger partial charge in [0.2, 0.25) is 5.88 Å². The van der Waals surface area contributed by atoms with Gasteiger partial charge in [-0.05, 0) is 26.0 Å². The first-order chi connectivity index (χ1) is 8.58. The van der Waals surface area contributed by atoms with Gasteiger partial charge in [-0.2, -0.15) is 4.98 Å². The van der Waals surface area contributed by atoms with E-state index in [1.165, 1.54) is 0 Å². The van der Waals surface area contributed by atoms with E-state index in [1.807, 2.05) is 13.8 Å². The van der Waals surface area contributed by atoms with E-state index >= 15 is 0 Å². The molecule has 1 aromatic heterocycles. The van der Waals surface area contributed by atoms with Crippen LogP contribution in [0.5, 0.6) is 17.4 Å². The SMILES string of the molecule is COc1cc(N)ccc1Oc1cc(C)nc(C)n1. The minimum Gasteiger partial charge on any atom is -0.493 e. The quantitative estimate of drug-likeness (QED) is 0.841. The van der Waals surface area contributed by atoms with Crippen LogP contribution in [0.3, 0.4) is 0 Å². The lowest BCUT2D eigenvalue weighted by atomic mass is 10.3. The van der Waals surface area contributed by atoms with Crippen molar-refractivity contribution in [3.8, 4) is 17.4 Å². The van der Waals surface area contributed by atoms with E-state index in [4.69, 9.17) is 15.2 Å². The van der Waals surface area contributed by atoms with Gasteiger partial charge < -0.3 is 15.2 Å². The molecule has 5 nitrogen and oxygen atoms in total. The summed E-state index contributed by atoms with van der Waals surface area (Å²) in [4.78, 5) is 8.40. The van der Waals surface area contributed by atoms with Gasteiger partial charge in [-0.25, -0.2) is 4.98 Å². The van der Waals surface area contributed by atoms with Crippen LogP contribution in [0.2, 0.25) is 0 Å². The van der Waals surface area contributed by atoms with E-state index in [2.05, 4.69) is 9.97 Å². The molecular formula is C13H15N3O2. The lowest BCUT2D eigenvalue weighted by Gasteiger charge is -2.10. The average Bonchev–Trinajstić information content (AvgIpc) is 2.30. The number of methoxy groups -OCH3 is 1. The molecule has 0 fully saturated rings. The maximum Gasteiger partial charge on any atom is 0.222 e. The molecule has 1 heterocycles. The van der Waals surface area contributed by atoms with Crippen molar-refractivity contribution in [1.82, 2.24) is 9.97 Å². The van der Waals surface area contributed by atoms with Crippen molar-refractivity contribution in [3.63, 3.8) is 0 Å². The zero-order chi connectivity index (χ0) is 13.1. The summed E-state index contributed by atoms with van der Waals surface area (Å²) < 4.78 is 10.9. The van der Waals surface area contributed by atoms with Crippen molar-refractivity contribution < 1.29 is 9.47 Å². The molecule has 0 amide bonds. The third kappa shape index (κ3) is 2.68. The molecule has 0 atom stereocenters. The maximum absolute atomic E-state index is 5.69. The molecular weight excluding hydrogens is 230 g/mol. The number of ether oxygens (including phenoxy) is 2.